The van der Waals surface area contributed by atoms with Crippen LogP contribution in [-0.2, 0) is 0 Å². The lowest BCUT2D eigenvalue weighted by Gasteiger charge is -2.07. The van der Waals surface area contributed by atoms with Crippen molar-refractivity contribution in [1.82, 2.24) is 0 Å². The molecule has 0 heterocycles. The van der Waals surface area contributed by atoms with Crippen molar-refractivity contribution < 1.29 is 13.6 Å². The summed E-state index contributed by atoms with van der Waals surface area (Å²) in [4.78, 5) is 11.9. The quantitative estimate of drug-likeness (QED) is 0.847. The first-order chi connectivity index (χ1) is 9.51. The van der Waals surface area contributed by atoms with Gasteiger partial charge in [-0.1, -0.05) is 6.07 Å². The molecule has 2 aromatic rings. The summed E-state index contributed by atoms with van der Waals surface area (Å²) in [6.45, 7) is 0. The molecule has 0 aliphatic rings. The lowest BCUT2D eigenvalue weighted by atomic mass is 10.1. The van der Waals surface area contributed by atoms with Crippen LogP contribution >= 0.6 is 15.9 Å². The van der Waals surface area contributed by atoms with E-state index in [0.29, 0.717) is 11.6 Å². The number of benzene rings is 2. The maximum absolute atomic E-state index is 13.5. The Morgan fingerprint density at radius 1 is 1.20 bits per heavy atom. The monoisotopic (exact) mass is 336 g/mol. The molecule has 0 bridgehead atoms. The molecular weight excluding hydrogens is 330 g/mol. The van der Waals surface area contributed by atoms with Gasteiger partial charge in [-0.3, -0.25) is 4.79 Å². The van der Waals surface area contributed by atoms with E-state index < -0.39 is 17.5 Å². The Bertz CT molecular complexity index is 726. The Morgan fingerprint density at radius 2 is 1.95 bits per heavy atom. The van der Waals surface area contributed by atoms with E-state index >= 15 is 0 Å². The summed E-state index contributed by atoms with van der Waals surface area (Å²) in [5, 5.41) is 11.1. The Hall–Kier alpha value is -2.26. The van der Waals surface area contributed by atoms with E-state index in [-0.39, 0.29) is 15.7 Å². The molecule has 0 spiro atoms. The maximum atomic E-state index is 13.5. The molecule has 0 aliphatic heterocycles. The van der Waals surface area contributed by atoms with Crippen molar-refractivity contribution in [2.45, 2.75) is 0 Å². The summed E-state index contributed by atoms with van der Waals surface area (Å²) >= 11 is 2.91. The van der Waals surface area contributed by atoms with Gasteiger partial charge in [-0.15, -0.1) is 0 Å². The number of amides is 1. The van der Waals surface area contributed by atoms with Crippen molar-refractivity contribution >= 4 is 27.5 Å². The third-order valence-corrected chi connectivity index (χ3v) is 3.12. The molecule has 1 N–H and O–H groups in total. The molecule has 0 fully saturated rings. The minimum absolute atomic E-state index is 0.0416. The van der Waals surface area contributed by atoms with Gasteiger partial charge in [-0.05, 0) is 40.2 Å². The zero-order chi connectivity index (χ0) is 14.7. The zero-order valence-corrected chi connectivity index (χ0v) is 11.5. The second-order valence-electron chi connectivity index (χ2n) is 3.89. The van der Waals surface area contributed by atoms with Crippen molar-refractivity contribution in [2.75, 3.05) is 5.32 Å². The van der Waals surface area contributed by atoms with Gasteiger partial charge in [0.15, 0.2) is 0 Å². The second kappa shape index (κ2) is 5.80. The van der Waals surface area contributed by atoms with E-state index in [2.05, 4.69) is 21.2 Å². The first-order valence-electron chi connectivity index (χ1n) is 5.47. The van der Waals surface area contributed by atoms with Crippen molar-refractivity contribution in [2.24, 2.45) is 0 Å². The highest BCUT2D eigenvalue weighted by atomic mass is 79.9. The first kappa shape index (κ1) is 14.2. The molecule has 100 valence electrons. The summed E-state index contributed by atoms with van der Waals surface area (Å²) in [5.41, 5.74) is 0.382. The summed E-state index contributed by atoms with van der Waals surface area (Å²) in [6, 6.07) is 9.68. The fourth-order valence-electron chi connectivity index (χ4n) is 1.54. The SMILES string of the molecule is N#Cc1cccc(C(=O)Nc2cc(Br)c(F)cc2F)c1. The van der Waals surface area contributed by atoms with Crippen LogP contribution in [0.5, 0.6) is 0 Å². The van der Waals surface area contributed by atoms with Crippen molar-refractivity contribution in [3.8, 4) is 6.07 Å². The molecule has 0 radical (unpaired) electrons. The van der Waals surface area contributed by atoms with Gasteiger partial charge in [-0.25, -0.2) is 8.78 Å². The Kier molecular flexibility index (Phi) is 4.11. The molecule has 0 aromatic heterocycles. The van der Waals surface area contributed by atoms with Crippen LogP contribution in [0.3, 0.4) is 0 Å². The third kappa shape index (κ3) is 3.00. The minimum Gasteiger partial charge on any atom is -0.319 e. The van der Waals surface area contributed by atoms with Gasteiger partial charge in [0.1, 0.15) is 11.6 Å². The number of halogens is 3. The third-order valence-electron chi connectivity index (χ3n) is 2.51. The fraction of sp³-hybridized carbons (Fsp3) is 0. The summed E-state index contributed by atoms with van der Waals surface area (Å²) in [7, 11) is 0. The summed E-state index contributed by atoms with van der Waals surface area (Å²) in [6.07, 6.45) is 0. The average Bonchev–Trinajstić information content (AvgIpc) is 2.44. The van der Waals surface area contributed by atoms with Gasteiger partial charge in [0.25, 0.3) is 5.91 Å². The predicted octanol–water partition coefficient (Wildman–Crippen LogP) is 3.85. The van der Waals surface area contributed by atoms with Crippen LogP contribution in [-0.4, -0.2) is 5.91 Å². The summed E-state index contributed by atoms with van der Waals surface area (Å²) < 4.78 is 26.6. The van der Waals surface area contributed by atoms with Crippen LogP contribution in [0.4, 0.5) is 14.5 Å². The van der Waals surface area contributed by atoms with Crippen LogP contribution in [0, 0.1) is 23.0 Å². The number of nitrogens with zero attached hydrogens (tertiary/aromatic N) is 1. The smallest absolute Gasteiger partial charge is 0.255 e. The molecule has 0 saturated carbocycles. The molecule has 0 atom stereocenters. The molecule has 0 aliphatic carbocycles. The molecule has 0 saturated heterocycles. The zero-order valence-electron chi connectivity index (χ0n) is 9.95. The van der Waals surface area contributed by atoms with Crippen molar-refractivity contribution in [3.05, 3.63) is 63.6 Å². The number of rotatable bonds is 2. The molecule has 2 rings (SSSR count). The highest BCUT2D eigenvalue weighted by Gasteiger charge is 2.12. The molecule has 1 amide bonds. The van der Waals surface area contributed by atoms with E-state index in [1.807, 2.05) is 6.07 Å². The van der Waals surface area contributed by atoms with Crippen LogP contribution < -0.4 is 5.32 Å². The highest BCUT2D eigenvalue weighted by Crippen LogP contribution is 2.24. The second-order valence-corrected chi connectivity index (χ2v) is 4.75. The van der Waals surface area contributed by atoms with Gasteiger partial charge in [-0.2, -0.15) is 5.26 Å². The lowest BCUT2D eigenvalue weighted by Crippen LogP contribution is -2.13. The number of carbonyl (C=O) groups is 1. The highest BCUT2D eigenvalue weighted by molar-refractivity contribution is 9.10. The van der Waals surface area contributed by atoms with Crippen LogP contribution in [0.25, 0.3) is 0 Å². The minimum atomic E-state index is -0.879. The Labute approximate surface area is 122 Å². The predicted molar refractivity (Wildman–Crippen MR) is 73.2 cm³/mol. The first-order valence-corrected chi connectivity index (χ1v) is 6.26. The largest absolute Gasteiger partial charge is 0.319 e. The van der Waals surface area contributed by atoms with Gasteiger partial charge >= 0.3 is 0 Å². The fourth-order valence-corrected chi connectivity index (χ4v) is 1.89. The number of hydrogen-bond acceptors (Lipinski definition) is 2. The van der Waals surface area contributed by atoms with E-state index in [4.69, 9.17) is 5.26 Å². The molecule has 2 aromatic carbocycles. The molecule has 0 unspecified atom stereocenters. The van der Waals surface area contributed by atoms with Crippen LogP contribution in [0.2, 0.25) is 0 Å². The maximum Gasteiger partial charge on any atom is 0.255 e. The Morgan fingerprint density at radius 3 is 2.65 bits per heavy atom. The Balaban J connectivity index is 2.28. The topological polar surface area (TPSA) is 52.9 Å². The average molecular weight is 337 g/mol. The molecular formula is C14H7BrF2N2O. The van der Waals surface area contributed by atoms with E-state index in [1.54, 1.807) is 12.1 Å². The van der Waals surface area contributed by atoms with Gasteiger partial charge < -0.3 is 5.32 Å². The van der Waals surface area contributed by atoms with Gasteiger partial charge in [0.05, 0.1) is 21.8 Å². The molecule has 3 nitrogen and oxygen atoms in total. The van der Waals surface area contributed by atoms with Crippen LogP contribution in [0.1, 0.15) is 15.9 Å². The van der Waals surface area contributed by atoms with E-state index in [9.17, 15) is 13.6 Å². The lowest BCUT2D eigenvalue weighted by molar-refractivity contribution is 0.102. The van der Waals surface area contributed by atoms with E-state index in [0.717, 1.165) is 6.07 Å². The van der Waals surface area contributed by atoms with E-state index in [1.165, 1.54) is 12.1 Å². The number of anilines is 1. The number of nitriles is 1. The van der Waals surface area contributed by atoms with Gasteiger partial charge in [0, 0.05) is 11.6 Å². The normalized spacial score (nSPS) is 9.90. The number of nitrogens with one attached hydrogen (secondary N) is 1. The molecule has 6 heteroatoms. The summed E-state index contributed by atoms with van der Waals surface area (Å²) in [5.74, 6) is -2.22. The van der Waals surface area contributed by atoms with Gasteiger partial charge in [0.2, 0.25) is 0 Å². The molecule has 20 heavy (non-hydrogen) atoms. The number of hydrogen-bond donors (Lipinski definition) is 1. The van der Waals surface area contributed by atoms with Crippen molar-refractivity contribution in [3.63, 3.8) is 0 Å². The standard InChI is InChI=1S/C14H7BrF2N2O/c15-10-5-13(12(17)6-11(10)16)19-14(20)9-3-1-2-8(4-9)7-18/h1-6H,(H,19,20). The van der Waals surface area contributed by atoms with Crippen LogP contribution in [0.15, 0.2) is 40.9 Å². The van der Waals surface area contributed by atoms with Crippen molar-refractivity contribution in [1.29, 1.82) is 5.26 Å². The number of carbonyl (C=O) groups excluding carboxylic acids is 1.